The summed E-state index contributed by atoms with van der Waals surface area (Å²) in [5, 5.41) is 15.2. The molecular weight excluding hydrogens is 530 g/mol. The average molecular weight is 566 g/mol. The van der Waals surface area contributed by atoms with Crippen LogP contribution in [0.15, 0.2) is 97.3 Å². The van der Waals surface area contributed by atoms with E-state index in [1.807, 2.05) is 74.5 Å². The molecule has 2 atom stereocenters. The van der Waals surface area contributed by atoms with Crippen molar-refractivity contribution < 1.29 is 24.3 Å². The lowest BCUT2D eigenvalue weighted by Gasteiger charge is -2.24. The van der Waals surface area contributed by atoms with Crippen LogP contribution in [-0.4, -0.2) is 39.3 Å². The van der Waals surface area contributed by atoms with Gasteiger partial charge in [-0.15, -0.1) is 0 Å². The van der Waals surface area contributed by atoms with Gasteiger partial charge in [-0.3, -0.25) is 19.2 Å². The van der Waals surface area contributed by atoms with Crippen molar-refractivity contribution in [1.82, 2.24) is 9.88 Å². The highest BCUT2D eigenvalue weighted by molar-refractivity contribution is 5.99. The van der Waals surface area contributed by atoms with Gasteiger partial charge in [-0.1, -0.05) is 68.4 Å². The number of carbonyl (C=O) groups excluding carboxylic acids is 3. The number of ketones is 1. The van der Waals surface area contributed by atoms with Gasteiger partial charge < -0.3 is 20.3 Å². The summed E-state index contributed by atoms with van der Waals surface area (Å²) in [6, 6.07) is 24.4. The zero-order valence-corrected chi connectivity index (χ0v) is 23.9. The molecule has 8 heteroatoms. The molecule has 0 aliphatic rings. The van der Waals surface area contributed by atoms with Crippen LogP contribution in [0.5, 0.6) is 0 Å². The SMILES string of the molecule is CC(=O)c1ccc(NC(=O)C(CC(C)C)NC(=O)C(CC(=O)O)n2ccc(-c3ccc(-c4ccccc4)cc3)c2)cc1. The quantitative estimate of drug-likeness (QED) is 0.177. The second-order valence-electron chi connectivity index (χ2n) is 10.7. The molecule has 42 heavy (non-hydrogen) atoms. The topological polar surface area (TPSA) is 118 Å². The number of Topliss-reactive ketones (excluding diaryl/α,β-unsaturated/α-hetero) is 1. The summed E-state index contributed by atoms with van der Waals surface area (Å²) < 4.78 is 1.58. The van der Waals surface area contributed by atoms with Crippen molar-refractivity contribution in [1.29, 1.82) is 0 Å². The van der Waals surface area contributed by atoms with Crippen molar-refractivity contribution in [2.24, 2.45) is 5.92 Å². The summed E-state index contributed by atoms with van der Waals surface area (Å²) in [4.78, 5) is 50.0. The van der Waals surface area contributed by atoms with Gasteiger partial charge in [0.25, 0.3) is 0 Å². The van der Waals surface area contributed by atoms with Crippen LogP contribution in [0, 0.1) is 5.92 Å². The van der Waals surface area contributed by atoms with Gasteiger partial charge in [-0.05, 0) is 71.8 Å². The number of hydrogen-bond donors (Lipinski definition) is 3. The Morgan fingerprint density at radius 2 is 1.36 bits per heavy atom. The minimum Gasteiger partial charge on any atom is -0.481 e. The standard InChI is InChI=1S/C34H35N3O5/c1-22(2)19-30(33(41)35-29-15-13-24(14-16-29)23(3)38)36-34(42)31(20-32(39)40)37-18-17-28(21-37)27-11-9-26(10-12-27)25-7-5-4-6-8-25/h4-18,21-22,30-31H,19-20H2,1-3H3,(H,35,41)(H,36,42)(H,39,40). The molecule has 2 unspecified atom stereocenters. The Hall–Kier alpha value is -4.98. The Morgan fingerprint density at radius 1 is 0.762 bits per heavy atom. The van der Waals surface area contributed by atoms with E-state index in [1.54, 1.807) is 41.2 Å². The van der Waals surface area contributed by atoms with Crippen LogP contribution < -0.4 is 10.6 Å². The molecule has 0 aliphatic heterocycles. The van der Waals surface area contributed by atoms with E-state index in [0.717, 1.165) is 22.3 Å². The van der Waals surface area contributed by atoms with Crippen LogP contribution in [0.2, 0.25) is 0 Å². The number of hydrogen-bond acceptors (Lipinski definition) is 4. The van der Waals surface area contributed by atoms with Crippen molar-refractivity contribution in [3.8, 4) is 22.3 Å². The third-order valence-corrected chi connectivity index (χ3v) is 6.97. The zero-order chi connectivity index (χ0) is 30.2. The summed E-state index contributed by atoms with van der Waals surface area (Å²) >= 11 is 0. The van der Waals surface area contributed by atoms with Crippen LogP contribution in [0.1, 0.15) is 50.0 Å². The van der Waals surface area contributed by atoms with Gasteiger partial charge in [0.05, 0.1) is 6.42 Å². The van der Waals surface area contributed by atoms with E-state index >= 15 is 0 Å². The van der Waals surface area contributed by atoms with Crippen LogP contribution in [0.4, 0.5) is 5.69 Å². The van der Waals surface area contributed by atoms with Crippen LogP contribution >= 0.6 is 0 Å². The summed E-state index contributed by atoms with van der Waals surface area (Å²) in [5.74, 6) is -2.12. The van der Waals surface area contributed by atoms with E-state index in [1.165, 1.54) is 6.92 Å². The molecule has 0 radical (unpaired) electrons. The first-order valence-electron chi connectivity index (χ1n) is 13.9. The fourth-order valence-corrected chi connectivity index (χ4v) is 4.75. The monoisotopic (exact) mass is 565 g/mol. The molecule has 0 aliphatic carbocycles. The van der Waals surface area contributed by atoms with Crippen molar-refractivity contribution in [3.05, 3.63) is 103 Å². The minimum atomic E-state index is -1.13. The van der Waals surface area contributed by atoms with Gasteiger partial charge in [0, 0.05) is 23.6 Å². The number of carbonyl (C=O) groups is 4. The highest BCUT2D eigenvalue weighted by Crippen LogP contribution is 2.27. The first kappa shape index (κ1) is 30.0. The minimum absolute atomic E-state index is 0.0797. The number of carboxylic acid groups (broad SMARTS) is 1. The zero-order valence-electron chi connectivity index (χ0n) is 23.9. The number of aliphatic carboxylic acids is 1. The molecule has 0 saturated heterocycles. The third-order valence-electron chi connectivity index (χ3n) is 6.97. The maximum atomic E-state index is 13.5. The lowest BCUT2D eigenvalue weighted by atomic mass is 10.0. The van der Waals surface area contributed by atoms with E-state index in [2.05, 4.69) is 10.6 Å². The van der Waals surface area contributed by atoms with Gasteiger partial charge in [-0.25, -0.2) is 0 Å². The maximum absolute atomic E-state index is 13.5. The molecule has 0 saturated carbocycles. The lowest BCUT2D eigenvalue weighted by Crippen LogP contribution is -2.47. The van der Waals surface area contributed by atoms with Crippen molar-refractivity contribution >= 4 is 29.3 Å². The summed E-state index contributed by atoms with van der Waals surface area (Å²) in [6.07, 6.45) is 3.34. The van der Waals surface area contributed by atoms with E-state index in [0.29, 0.717) is 17.7 Å². The fourth-order valence-electron chi connectivity index (χ4n) is 4.75. The second-order valence-corrected chi connectivity index (χ2v) is 10.7. The summed E-state index contributed by atoms with van der Waals surface area (Å²) in [7, 11) is 0. The van der Waals surface area contributed by atoms with Gasteiger partial charge in [-0.2, -0.15) is 0 Å². The molecule has 2 amide bonds. The average Bonchev–Trinajstić information content (AvgIpc) is 3.46. The maximum Gasteiger partial charge on any atom is 0.306 e. The van der Waals surface area contributed by atoms with Gasteiger partial charge in [0.15, 0.2) is 5.78 Å². The molecule has 4 aromatic rings. The third kappa shape index (κ3) is 7.81. The smallest absolute Gasteiger partial charge is 0.306 e. The second kappa shape index (κ2) is 13.6. The number of benzene rings is 3. The largest absolute Gasteiger partial charge is 0.481 e. The molecule has 4 rings (SSSR count). The lowest BCUT2D eigenvalue weighted by molar-refractivity contribution is -0.141. The molecule has 0 fully saturated rings. The molecule has 216 valence electrons. The van der Waals surface area contributed by atoms with Crippen molar-refractivity contribution in [2.45, 2.75) is 45.7 Å². The Morgan fingerprint density at radius 3 is 1.93 bits per heavy atom. The Kier molecular flexibility index (Phi) is 9.70. The Balaban J connectivity index is 1.51. The van der Waals surface area contributed by atoms with Crippen LogP contribution in [-0.2, 0) is 14.4 Å². The predicted octanol–water partition coefficient (Wildman–Crippen LogP) is 6.21. The van der Waals surface area contributed by atoms with Gasteiger partial charge in [0.1, 0.15) is 12.1 Å². The first-order chi connectivity index (χ1) is 20.1. The predicted molar refractivity (Wildman–Crippen MR) is 163 cm³/mol. The summed E-state index contributed by atoms with van der Waals surface area (Å²) in [6.45, 7) is 5.33. The van der Waals surface area contributed by atoms with E-state index in [-0.39, 0.29) is 11.7 Å². The van der Waals surface area contributed by atoms with Gasteiger partial charge in [0.2, 0.25) is 11.8 Å². The van der Waals surface area contributed by atoms with Gasteiger partial charge >= 0.3 is 5.97 Å². The molecule has 1 aromatic heterocycles. The normalized spacial score (nSPS) is 12.4. The molecule has 3 aromatic carbocycles. The molecule has 1 heterocycles. The Labute approximate surface area is 245 Å². The van der Waals surface area contributed by atoms with Crippen LogP contribution in [0.25, 0.3) is 22.3 Å². The number of nitrogens with one attached hydrogen (secondary N) is 2. The van der Waals surface area contributed by atoms with E-state index in [4.69, 9.17) is 0 Å². The number of carboxylic acids is 1. The Bertz CT molecular complexity index is 1540. The van der Waals surface area contributed by atoms with E-state index < -0.39 is 36.3 Å². The number of nitrogens with zero attached hydrogens (tertiary/aromatic N) is 1. The van der Waals surface area contributed by atoms with Crippen molar-refractivity contribution in [2.75, 3.05) is 5.32 Å². The number of rotatable bonds is 12. The van der Waals surface area contributed by atoms with Crippen molar-refractivity contribution in [3.63, 3.8) is 0 Å². The summed E-state index contributed by atoms with van der Waals surface area (Å²) in [5.41, 5.74) is 4.95. The number of anilines is 1. The van der Waals surface area contributed by atoms with E-state index in [9.17, 15) is 24.3 Å². The molecule has 0 spiro atoms. The molecule has 8 nitrogen and oxygen atoms in total. The molecule has 0 bridgehead atoms. The number of aromatic nitrogens is 1. The molecular formula is C34H35N3O5. The first-order valence-corrected chi connectivity index (χ1v) is 13.9. The fraction of sp³-hybridized carbons (Fsp3) is 0.235. The highest BCUT2D eigenvalue weighted by atomic mass is 16.4. The highest BCUT2D eigenvalue weighted by Gasteiger charge is 2.29. The molecule has 3 N–H and O–H groups in total. The number of amides is 2. The van der Waals surface area contributed by atoms with Crippen LogP contribution in [0.3, 0.4) is 0 Å².